The molecule has 7 heteroatoms. The summed E-state index contributed by atoms with van der Waals surface area (Å²) in [6.07, 6.45) is 0. The number of aromatic nitrogens is 2. The molecule has 2 aromatic rings. The number of rotatable bonds is 1. The molecular formula is C10H7Cl2N3O2. The van der Waals surface area contributed by atoms with Gasteiger partial charge in [0.2, 0.25) is 0 Å². The number of hydrogen-bond acceptors (Lipinski definition) is 3. The molecule has 0 bridgehead atoms. The highest BCUT2D eigenvalue weighted by Gasteiger charge is 2.09. The predicted molar refractivity (Wildman–Crippen MR) is 67.1 cm³/mol. The van der Waals surface area contributed by atoms with Gasteiger partial charge in [-0.15, -0.1) is 0 Å². The SMILES string of the molecule is Nc1cc(=O)[nH]c(=O)n1-c1cc(Cl)ccc1Cl. The summed E-state index contributed by atoms with van der Waals surface area (Å²) in [5, 5.41) is 0.706. The molecule has 0 unspecified atom stereocenters. The Balaban J connectivity index is 2.81. The Kier molecular flexibility index (Phi) is 2.95. The van der Waals surface area contributed by atoms with Gasteiger partial charge < -0.3 is 5.73 Å². The molecule has 0 aliphatic rings. The third kappa shape index (κ3) is 2.20. The normalized spacial score (nSPS) is 10.5. The Morgan fingerprint density at radius 2 is 1.88 bits per heavy atom. The van der Waals surface area contributed by atoms with Crippen molar-refractivity contribution in [1.82, 2.24) is 9.55 Å². The van der Waals surface area contributed by atoms with Crippen LogP contribution < -0.4 is 17.0 Å². The Morgan fingerprint density at radius 3 is 2.53 bits per heavy atom. The number of nitrogen functional groups attached to an aromatic ring is 1. The molecule has 0 saturated carbocycles. The second-order valence-electron chi connectivity index (χ2n) is 3.29. The Labute approximate surface area is 105 Å². The molecule has 0 spiro atoms. The maximum Gasteiger partial charge on any atom is 0.334 e. The number of anilines is 1. The number of nitrogens with one attached hydrogen (secondary N) is 1. The third-order valence-corrected chi connectivity index (χ3v) is 2.67. The largest absolute Gasteiger partial charge is 0.385 e. The number of benzene rings is 1. The van der Waals surface area contributed by atoms with Crippen LogP contribution in [0.3, 0.4) is 0 Å². The highest BCUT2D eigenvalue weighted by atomic mass is 35.5. The van der Waals surface area contributed by atoms with Crippen LogP contribution in [0, 0.1) is 0 Å². The lowest BCUT2D eigenvalue weighted by Crippen LogP contribution is -2.30. The molecule has 0 radical (unpaired) electrons. The number of aromatic amines is 1. The van der Waals surface area contributed by atoms with Crippen molar-refractivity contribution >= 4 is 29.0 Å². The van der Waals surface area contributed by atoms with Crippen LogP contribution >= 0.6 is 23.2 Å². The van der Waals surface area contributed by atoms with Gasteiger partial charge in [-0.05, 0) is 18.2 Å². The van der Waals surface area contributed by atoms with E-state index in [0.717, 1.165) is 10.6 Å². The van der Waals surface area contributed by atoms with Gasteiger partial charge in [-0.2, -0.15) is 0 Å². The highest BCUT2D eigenvalue weighted by molar-refractivity contribution is 6.34. The van der Waals surface area contributed by atoms with Crippen molar-refractivity contribution < 1.29 is 0 Å². The summed E-state index contributed by atoms with van der Waals surface area (Å²) in [5.41, 5.74) is 4.70. The van der Waals surface area contributed by atoms with Gasteiger partial charge in [0.25, 0.3) is 5.56 Å². The second-order valence-corrected chi connectivity index (χ2v) is 4.14. The fourth-order valence-corrected chi connectivity index (χ4v) is 1.79. The van der Waals surface area contributed by atoms with Gasteiger partial charge in [-0.25, -0.2) is 9.36 Å². The van der Waals surface area contributed by atoms with E-state index in [1.54, 1.807) is 6.07 Å². The maximum atomic E-state index is 11.7. The number of nitrogens with zero attached hydrogens (tertiary/aromatic N) is 1. The van der Waals surface area contributed by atoms with Crippen LogP contribution in [0.4, 0.5) is 5.82 Å². The van der Waals surface area contributed by atoms with Gasteiger partial charge in [-0.1, -0.05) is 23.2 Å². The van der Waals surface area contributed by atoms with Crippen molar-refractivity contribution in [2.24, 2.45) is 0 Å². The molecule has 5 nitrogen and oxygen atoms in total. The van der Waals surface area contributed by atoms with Gasteiger partial charge in [0.15, 0.2) is 0 Å². The van der Waals surface area contributed by atoms with Gasteiger partial charge >= 0.3 is 5.69 Å². The fourth-order valence-electron chi connectivity index (χ4n) is 1.42. The van der Waals surface area contributed by atoms with Crippen LogP contribution in [0.1, 0.15) is 0 Å². The number of H-pyrrole nitrogens is 1. The summed E-state index contributed by atoms with van der Waals surface area (Å²) in [7, 11) is 0. The first-order valence-corrected chi connectivity index (χ1v) is 5.32. The van der Waals surface area contributed by atoms with Gasteiger partial charge in [0.05, 0.1) is 10.7 Å². The van der Waals surface area contributed by atoms with Crippen LogP contribution in [0.15, 0.2) is 33.9 Å². The predicted octanol–water partition coefficient (Wildman–Crippen LogP) is 1.41. The van der Waals surface area contributed by atoms with Crippen LogP contribution in [-0.4, -0.2) is 9.55 Å². The van der Waals surface area contributed by atoms with Crippen LogP contribution in [0.2, 0.25) is 10.0 Å². The van der Waals surface area contributed by atoms with Crippen LogP contribution in [-0.2, 0) is 0 Å². The second kappa shape index (κ2) is 4.27. The van der Waals surface area contributed by atoms with E-state index in [1.165, 1.54) is 12.1 Å². The molecule has 0 aliphatic carbocycles. The van der Waals surface area contributed by atoms with E-state index in [-0.39, 0.29) is 5.82 Å². The molecule has 0 aliphatic heterocycles. The van der Waals surface area contributed by atoms with E-state index in [9.17, 15) is 9.59 Å². The maximum absolute atomic E-state index is 11.7. The standard InChI is InChI=1S/C10H7Cl2N3O2/c11-5-1-2-6(12)7(3-5)15-8(13)4-9(16)14-10(15)17/h1-4H,13H2,(H,14,16,17). The van der Waals surface area contributed by atoms with Crippen molar-refractivity contribution in [2.75, 3.05) is 5.73 Å². The number of nitrogens with two attached hydrogens (primary N) is 1. The van der Waals surface area contributed by atoms with Gasteiger partial charge in [-0.3, -0.25) is 9.78 Å². The molecule has 17 heavy (non-hydrogen) atoms. The van der Waals surface area contributed by atoms with E-state index in [0.29, 0.717) is 15.7 Å². The molecule has 2 rings (SSSR count). The van der Waals surface area contributed by atoms with Crippen LogP contribution in [0.25, 0.3) is 5.69 Å². The summed E-state index contributed by atoms with van der Waals surface area (Å²) in [5.74, 6) is -0.0112. The number of halogens is 2. The zero-order valence-corrected chi connectivity index (χ0v) is 9.92. The van der Waals surface area contributed by atoms with E-state index in [4.69, 9.17) is 28.9 Å². The average Bonchev–Trinajstić information content (AvgIpc) is 2.21. The molecular weight excluding hydrogens is 265 g/mol. The van der Waals surface area contributed by atoms with Crippen molar-refractivity contribution in [3.8, 4) is 5.69 Å². The minimum absolute atomic E-state index is 0.0112. The topological polar surface area (TPSA) is 80.9 Å². The van der Waals surface area contributed by atoms with E-state index in [2.05, 4.69) is 4.98 Å². The zero-order chi connectivity index (χ0) is 12.6. The molecule has 88 valence electrons. The van der Waals surface area contributed by atoms with Gasteiger partial charge in [0, 0.05) is 11.1 Å². The molecule has 0 fully saturated rings. The smallest absolute Gasteiger partial charge is 0.334 e. The third-order valence-electron chi connectivity index (χ3n) is 2.12. The van der Waals surface area contributed by atoms with E-state index < -0.39 is 11.2 Å². The fraction of sp³-hybridized carbons (Fsp3) is 0. The first-order chi connectivity index (χ1) is 7.99. The molecule has 1 aromatic heterocycles. The Morgan fingerprint density at radius 1 is 1.18 bits per heavy atom. The highest BCUT2D eigenvalue weighted by Crippen LogP contribution is 2.24. The van der Waals surface area contributed by atoms with E-state index in [1.807, 2.05) is 0 Å². The lowest BCUT2D eigenvalue weighted by Gasteiger charge is -2.10. The molecule has 1 aromatic carbocycles. The van der Waals surface area contributed by atoms with Crippen molar-refractivity contribution in [3.63, 3.8) is 0 Å². The Bertz CT molecular complexity index is 691. The lowest BCUT2D eigenvalue weighted by atomic mass is 10.3. The van der Waals surface area contributed by atoms with Crippen molar-refractivity contribution in [3.05, 3.63) is 55.1 Å². The number of hydrogen-bond donors (Lipinski definition) is 2. The van der Waals surface area contributed by atoms with Crippen molar-refractivity contribution in [2.45, 2.75) is 0 Å². The Hall–Kier alpha value is -1.72. The van der Waals surface area contributed by atoms with Gasteiger partial charge in [0.1, 0.15) is 5.82 Å². The summed E-state index contributed by atoms with van der Waals surface area (Å²) in [6.45, 7) is 0. The minimum atomic E-state index is -0.667. The first kappa shape index (κ1) is 11.8. The zero-order valence-electron chi connectivity index (χ0n) is 8.41. The molecule has 0 atom stereocenters. The molecule has 1 heterocycles. The monoisotopic (exact) mass is 271 g/mol. The minimum Gasteiger partial charge on any atom is -0.385 e. The van der Waals surface area contributed by atoms with Crippen molar-refractivity contribution in [1.29, 1.82) is 0 Å². The summed E-state index contributed by atoms with van der Waals surface area (Å²) >= 11 is 11.8. The lowest BCUT2D eigenvalue weighted by molar-refractivity contribution is 0.909. The van der Waals surface area contributed by atoms with Crippen LogP contribution in [0.5, 0.6) is 0 Å². The quantitative estimate of drug-likeness (QED) is 0.823. The molecule has 3 N–H and O–H groups in total. The molecule has 0 saturated heterocycles. The summed E-state index contributed by atoms with van der Waals surface area (Å²) < 4.78 is 1.08. The summed E-state index contributed by atoms with van der Waals surface area (Å²) in [4.78, 5) is 24.8. The molecule has 0 amide bonds. The van der Waals surface area contributed by atoms with E-state index >= 15 is 0 Å². The average molecular weight is 272 g/mol. The first-order valence-electron chi connectivity index (χ1n) is 4.56. The summed E-state index contributed by atoms with van der Waals surface area (Å²) in [6, 6.07) is 5.70.